The van der Waals surface area contributed by atoms with Gasteiger partial charge in [-0.15, -0.1) is 0 Å². The lowest BCUT2D eigenvalue weighted by Gasteiger charge is -2.12. The zero-order valence-electron chi connectivity index (χ0n) is 10.7. The van der Waals surface area contributed by atoms with E-state index < -0.39 is 9.84 Å². The van der Waals surface area contributed by atoms with Crippen LogP contribution in [0.5, 0.6) is 0 Å². The van der Waals surface area contributed by atoms with Gasteiger partial charge in [0.2, 0.25) is 0 Å². The maximum absolute atomic E-state index is 11.4. The highest BCUT2D eigenvalue weighted by Gasteiger charge is 2.27. The monoisotopic (exact) mass is 275 g/mol. The molecule has 0 amide bonds. The Bertz CT molecular complexity index is 689. The highest BCUT2D eigenvalue weighted by atomic mass is 32.2. The van der Waals surface area contributed by atoms with Crippen molar-refractivity contribution in [2.75, 3.05) is 11.5 Å². The van der Waals surface area contributed by atoms with Crippen LogP contribution in [0.4, 0.5) is 0 Å². The van der Waals surface area contributed by atoms with Crippen molar-refractivity contribution in [1.29, 1.82) is 0 Å². The van der Waals surface area contributed by atoms with E-state index in [0.717, 1.165) is 13.0 Å². The summed E-state index contributed by atoms with van der Waals surface area (Å²) in [7, 11) is -2.80. The fourth-order valence-electron chi connectivity index (χ4n) is 2.66. The average Bonchev–Trinajstić information content (AvgIpc) is 2.76. The Labute approximate surface area is 113 Å². The maximum atomic E-state index is 11.4. The second-order valence-corrected chi connectivity index (χ2v) is 7.35. The van der Waals surface area contributed by atoms with Crippen LogP contribution in [0.1, 0.15) is 12.0 Å². The molecule has 1 atom stereocenters. The minimum atomic E-state index is -2.80. The largest absolute Gasteiger partial charge is 0.309 e. The van der Waals surface area contributed by atoms with E-state index in [0.29, 0.717) is 5.75 Å². The number of fused-ring (bicyclic) bond motifs is 1. The van der Waals surface area contributed by atoms with Crippen LogP contribution >= 0.6 is 0 Å². The second kappa shape index (κ2) is 4.94. The Morgan fingerprint density at radius 2 is 1.89 bits per heavy atom. The van der Waals surface area contributed by atoms with Crippen molar-refractivity contribution >= 4 is 20.6 Å². The summed E-state index contributed by atoms with van der Waals surface area (Å²) < 4.78 is 22.8. The first-order chi connectivity index (χ1) is 9.14. The van der Waals surface area contributed by atoms with Gasteiger partial charge in [0.15, 0.2) is 9.84 Å². The summed E-state index contributed by atoms with van der Waals surface area (Å²) in [6, 6.07) is 14.6. The molecule has 0 unspecified atom stereocenters. The molecule has 1 N–H and O–H groups in total. The van der Waals surface area contributed by atoms with Crippen molar-refractivity contribution < 1.29 is 8.42 Å². The molecule has 0 saturated carbocycles. The van der Waals surface area contributed by atoms with Gasteiger partial charge in [0, 0.05) is 12.6 Å². The van der Waals surface area contributed by atoms with Crippen molar-refractivity contribution in [3.8, 4) is 0 Å². The number of rotatable bonds is 3. The van der Waals surface area contributed by atoms with Crippen molar-refractivity contribution in [3.05, 3.63) is 48.0 Å². The number of hydrogen-bond acceptors (Lipinski definition) is 3. The van der Waals surface area contributed by atoms with E-state index in [-0.39, 0.29) is 11.8 Å². The van der Waals surface area contributed by atoms with E-state index in [1.807, 2.05) is 18.2 Å². The van der Waals surface area contributed by atoms with Gasteiger partial charge in [0.25, 0.3) is 0 Å². The molecule has 1 fully saturated rings. The molecule has 0 aliphatic carbocycles. The lowest BCUT2D eigenvalue weighted by atomic mass is 10.0. The summed E-state index contributed by atoms with van der Waals surface area (Å²) >= 11 is 0. The third-order valence-corrected chi connectivity index (χ3v) is 5.46. The van der Waals surface area contributed by atoms with Crippen molar-refractivity contribution in [3.63, 3.8) is 0 Å². The molecule has 1 aliphatic heterocycles. The van der Waals surface area contributed by atoms with Gasteiger partial charge < -0.3 is 5.32 Å². The first-order valence-electron chi connectivity index (χ1n) is 6.54. The zero-order valence-corrected chi connectivity index (χ0v) is 11.5. The number of nitrogens with one attached hydrogen (secondary N) is 1. The summed E-state index contributed by atoms with van der Waals surface area (Å²) in [6.07, 6.45) is 0.729. The molecule has 100 valence electrons. The van der Waals surface area contributed by atoms with Crippen LogP contribution in [-0.2, 0) is 16.4 Å². The van der Waals surface area contributed by atoms with Crippen LogP contribution in [0.25, 0.3) is 10.8 Å². The lowest BCUT2D eigenvalue weighted by Crippen LogP contribution is -2.29. The summed E-state index contributed by atoms with van der Waals surface area (Å²) in [5.41, 5.74) is 1.22. The molecular formula is C15H17NO2S. The molecule has 3 rings (SSSR count). The molecule has 0 bridgehead atoms. The molecule has 2 aromatic rings. The van der Waals surface area contributed by atoms with Gasteiger partial charge in [0.05, 0.1) is 11.5 Å². The molecular weight excluding hydrogens is 258 g/mol. The summed E-state index contributed by atoms with van der Waals surface area (Å²) in [4.78, 5) is 0. The summed E-state index contributed by atoms with van der Waals surface area (Å²) in [5.74, 6) is 0.595. The van der Waals surface area contributed by atoms with Crippen molar-refractivity contribution in [2.45, 2.75) is 19.0 Å². The Morgan fingerprint density at radius 3 is 2.68 bits per heavy atom. The predicted octanol–water partition coefficient (Wildman–Crippen LogP) is 2.12. The van der Waals surface area contributed by atoms with Crippen LogP contribution < -0.4 is 5.32 Å². The van der Waals surface area contributed by atoms with Crippen molar-refractivity contribution in [2.24, 2.45) is 0 Å². The molecule has 4 heteroatoms. The topological polar surface area (TPSA) is 46.2 Å². The van der Waals surface area contributed by atoms with Crippen LogP contribution in [0.15, 0.2) is 42.5 Å². The number of benzene rings is 2. The molecule has 1 heterocycles. The molecule has 1 saturated heterocycles. The molecule has 2 aromatic carbocycles. The third-order valence-electron chi connectivity index (χ3n) is 3.69. The van der Waals surface area contributed by atoms with Crippen LogP contribution in [-0.4, -0.2) is 26.0 Å². The highest BCUT2D eigenvalue weighted by molar-refractivity contribution is 7.91. The van der Waals surface area contributed by atoms with Gasteiger partial charge in [-0.25, -0.2) is 8.42 Å². The SMILES string of the molecule is O=S1(=O)CC[C@@H](NCc2cccc3ccccc23)C1. The standard InChI is InChI=1S/C15H17NO2S/c17-19(18)9-8-14(11-19)16-10-13-6-3-5-12-4-1-2-7-15(12)13/h1-7,14,16H,8-11H2/t14-/m1/s1. The van der Waals surface area contributed by atoms with E-state index in [9.17, 15) is 8.42 Å². The average molecular weight is 275 g/mol. The maximum Gasteiger partial charge on any atom is 0.151 e. The quantitative estimate of drug-likeness (QED) is 0.933. The fourth-order valence-corrected chi connectivity index (χ4v) is 4.36. The Morgan fingerprint density at radius 1 is 1.11 bits per heavy atom. The second-order valence-electron chi connectivity index (χ2n) is 5.12. The number of hydrogen-bond donors (Lipinski definition) is 1. The summed E-state index contributed by atoms with van der Waals surface area (Å²) in [6.45, 7) is 0.724. The predicted molar refractivity (Wildman–Crippen MR) is 77.8 cm³/mol. The highest BCUT2D eigenvalue weighted by Crippen LogP contribution is 2.19. The number of sulfone groups is 1. The molecule has 0 radical (unpaired) electrons. The molecule has 0 aromatic heterocycles. The minimum Gasteiger partial charge on any atom is -0.309 e. The summed E-state index contributed by atoms with van der Waals surface area (Å²) in [5, 5.41) is 5.82. The van der Waals surface area contributed by atoms with Crippen LogP contribution in [0.3, 0.4) is 0 Å². The van der Waals surface area contributed by atoms with E-state index in [2.05, 4.69) is 29.6 Å². The van der Waals surface area contributed by atoms with Gasteiger partial charge in [-0.2, -0.15) is 0 Å². The van der Waals surface area contributed by atoms with Gasteiger partial charge in [-0.3, -0.25) is 0 Å². The van der Waals surface area contributed by atoms with E-state index in [1.54, 1.807) is 0 Å². The Kier molecular flexibility index (Phi) is 3.29. The van der Waals surface area contributed by atoms with Crippen LogP contribution in [0, 0.1) is 0 Å². The smallest absolute Gasteiger partial charge is 0.151 e. The fraction of sp³-hybridized carbons (Fsp3) is 0.333. The van der Waals surface area contributed by atoms with Gasteiger partial charge in [-0.05, 0) is 22.8 Å². The minimum absolute atomic E-state index is 0.101. The Balaban J connectivity index is 1.76. The van der Waals surface area contributed by atoms with Crippen molar-refractivity contribution in [1.82, 2.24) is 5.32 Å². The molecule has 19 heavy (non-hydrogen) atoms. The molecule has 1 aliphatic rings. The Hall–Kier alpha value is -1.39. The normalized spacial score (nSPS) is 21.8. The first-order valence-corrected chi connectivity index (χ1v) is 8.37. The van der Waals surface area contributed by atoms with E-state index in [4.69, 9.17) is 0 Å². The van der Waals surface area contributed by atoms with Gasteiger partial charge in [-0.1, -0.05) is 42.5 Å². The van der Waals surface area contributed by atoms with E-state index >= 15 is 0 Å². The van der Waals surface area contributed by atoms with Gasteiger partial charge >= 0.3 is 0 Å². The van der Waals surface area contributed by atoms with Crippen LogP contribution in [0.2, 0.25) is 0 Å². The van der Waals surface area contributed by atoms with E-state index in [1.165, 1.54) is 16.3 Å². The molecule has 3 nitrogen and oxygen atoms in total. The zero-order chi connectivity index (χ0) is 13.3. The first kappa shape index (κ1) is 12.6. The van der Waals surface area contributed by atoms with Gasteiger partial charge in [0.1, 0.15) is 0 Å². The molecule has 0 spiro atoms. The third kappa shape index (κ3) is 2.80. The lowest BCUT2D eigenvalue weighted by molar-refractivity contribution is 0.555.